The molecule has 2 heterocycles. The lowest BCUT2D eigenvalue weighted by molar-refractivity contribution is -0.127. The van der Waals surface area contributed by atoms with Gasteiger partial charge in [-0.2, -0.15) is 0 Å². The zero-order valence-corrected chi connectivity index (χ0v) is 20.0. The van der Waals surface area contributed by atoms with E-state index in [9.17, 15) is 9.59 Å². The Morgan fingerprint density at radius 1 is 1.03 bits per heavy atom. The number of fused-ring (bicyclic) bond motifs is 1. The number of nitrogens with zero attached hydrogens (tertiary/aromatic N) is 1. The first kappa shape index (κ1) is 23.0. The molecule has 6 heteroatoms. The molecule has 0 saturated heterocycles. The second-order valence-electron chi connectivity index (χ2n) is 9.35. The maximum atomic E-state index is 14.0. The number of para-hydroxylation sites is 2. The highest BCUT2D eigenvalue weighted by atomic mass is 16.3. The highest BCUT2D eigenvalue weighted by molar-refractivity contribution is 6.03. The largest absolute Gasteiger partial charge is 0.467 e. The van der Waals surface area contributed by atoms with Crippen molar-refractivity contribution in [3.8, 4) is 0 Å². The number of aromatic amines is 1. The van der Waals surface area contributed by atoms with Crippen LogP contribution in [0.4, 0.5) is 5.69 Å². The van der Waals surface area contributed by atoms with Crippen molar-refractivity contribution in [2.75, 3.05) is 4.90 Å². The quantitative estimate of drug-likeness (QED) is 0.357. The summed E-state index contributed by atoms with van der Waals surface area (Å²) >= 11 is 0. The van der Waals surface area contributed by atoms with Crippen molar-refractivity contribution < 1.29 is 14.0 Å². The van der Waals surface area contributed by atoms with Crippen LogP contribution in [0.15, 0.2) is 77.5 Å². The molecule has 2 aromatic heterocycles. The van der Waals surface area contributed by atoms with Gasteiger partial charge >= 0.3 is 0 Å². The van der Waals surface area contributed by atoms with E-state index in [2.05, 4.69) is 10.3 Å². The van der Waals surface area contributed by atoms with Gasteiger partial charge in [-0.25, -0.2) is 0 Å². The summed E-state index contributed by atoms with van der Waals surface area (Å²) in [5, 5.41) is 4.23. The van der Waals surface area contributed by atoms with E-state index in [0.29, 0.717) is 11.4 Å². The van der Waals surface area contributed by atoms with Crippen LogP contribution in [-0.2, 0) is 16.0 Å². The van der Waals surface area contributed by atoms with E-state index >= 15 is 0 Å². The lowest BCUT2D eigenvalue weighted by Crippen LogP contribution is -2.47. The molecule has 1 fully saturated rings. The summed E-state index contributed by atoms with van der Waals surface area (Å²) in [5.74, 6) is 0.0838. The van der Waals surface area contributed by atoms with E-state index in [1.54, 1.807) is 23.3 Å². The normalized spacial score (nSPS) is 15.1. The van der Waals surface area contributed by atoms with Crippen molar-refractivity contribution >= 4 is 28.4 Å². The number of aromatic nitrogens is 1. The number of benzene rings is 2. The number of hydrogen-bond donors (Lipinski definition) is 2. The Labute approximate surface area is 205 Å². The number of furan rings is 1. The van der Waals surface area contributed by atoms with Gasteiger partial charge in [-0.1, -0.05) is 55.7 Å². The monoisotopic (exact) mass is 469 g/mol. The first-order valence-electron chi connectivity index (χ1n) is 12.4. The van der Waals surface area contributed by atoms with E-state index in [0.717, 1.165) is 47.7 Å². The van der Waals surface area contributed by atoms with Crippen molar-refractivity contribution in [3.63, 3.8) is 0 Å². The summed E-state index contributed by atoms with van der Waals surface area (Å²) < 4.78 is 5.74. The number of amides is 2. The van der Waals surface area contributed by atoms with Gasteiger partial charge in [0.05, 0.1) is 12.7 Å². The number of aryl methyl sites for hydroxylation is 1. The van der Waals surface area contributed by atoms with E-state index < -0.39 is 6.04 Å². The fourth-order valence-corrected chi connectivity index (χ4v) is 5.12. The fraction of sp³-hybridized carbons (Fsp3) is 0.310. The van der Waals surface area contributed by atoms with Gasteiger partial charge < -0.3 is 14.7 Å². The van der Waals surface area contributed by atoms with Crippen molar-refractivity contribution in [2.45, 2.75) is 57.5 Å². The molecule has 0 spiro atoms. The molecule has 0 radical (unpaired) electrons. The highest BCUT2D eigenvalue weighted by Crippen LogP contribution is 2.32. The maximum absolute atomic E-state index is 14.0. The summed E-state index contributed by atoms with van der Waals surface area (Å²) in [4.78, 5) is 32.7. The summed E-state index contributed by atoms with van der Waals surface area (Å²) in [6.07, 6.45) is 8.93. The average Bonchev–Trinajstić information content (AvgIpc) is 3.54. The van der Waals surface area contributed by atoms with Crippen LogP contribution in [0.2, 0.25) is 0 Å². The highest BCUT2D eigenvalue weighted by Gasteiger charge is 2.36. The predicted molar refractivity (Wildman–Crippen MR) is 137 cm³/mol. The predicted octanol–water partition coefficient (Wildman–Crippen LogP) is 5.84. The Kier molecular flexibility index (Phi) is 6.70. The second kappa shape index (κ2) is 10.2. The minimum atomic E-state index is -0.897. The Balaban J connectivity index is 1.53. The summed E-state index contributed by atoms with van der Waals surface area (Å²) in [5.41, 5.74) is 3.50. The smallest absolute Gasteiger partial charge is 0.251 e. The van der Waals surface area contributed by atoms with Crippen molar-refractivity contribution in [3.05, 3.63) is 90.0 Å². The molecular weight excluding hydrogens is 438 g/mol. The van der Waals surface area contributed by atoms with Crippen molar-refractivity contribution in [1.29, 1.82) is 0 Å². The standard InChI is InChI=1S/C29H31N3O3/c1-20-10-5-8-15-25(20)32(27(33)18-21-19-30-24-14-7-6-13-23(21)24)28(26-16-9-17-35-26)29(34)31-22-11-3-2-4-12-22/h5-10,13-17,19,22,28,30H,2-4,11-12,18H2,1H3,(H,31,34)/t28-/m0/s1. The molecule has 0 bridgehead atoms. The molecule has 2 N–H and O–H groups in total. The number of hydrogen-bond acceptors (Lipinski definition) is 3. The molecular formula is C29H31N3O3. The van der Waals surface area contributed by atoms with Crippen molar-refractivity contribution in [2.24, 2.45) is 0 Å². The van der Waals surface area contributed by atoms with Gasteiger partial charge in [0.1, 0.15) is 5.76 Å². The third-order valence-electron chi connectivity index (χ3n) is 6.93. The Morgan fingerprint density at radius 3 is 2.57 bits per heavy atom. The van der Waals surface area contributed by atoms with Crippen LogP contribution in [0.5, 0.6) is 0 Å². The van der Waals surface area contributed by atoms with E-state index in [-0.39, 0.29) is 24.3 Å². The molecule has 5 rings (SSSR count). The Hall–Kier alpha value is -3.80. The molecule has 1 aliphatic carbocycles. The molecule has 2 amide bonds. The van der Waals surface area contributed by atoms with Crippen molar-refractivity contribution in [1.82, 2.24) is 10.3 Å². The van der Waals surface area contributed by atoms with Crippen LogP contribution in [0.3, 0.4) is 0 Å². The van der Waals surface area contributed by atoms with E-state index in [1.165, 1.54) is 6.42 Å². The molecule has 2 aromatic carbocycles. The molecule has 6 nitrogen and oxygen atoms in total. The third-order valence-corrected chi connectivity index (χ3v) is 6.93. The minimum Gasteiger partial charge on any atom is -0.467 e. The zero-order valence-electron chi connectivity index (χ0n) is 20.0. The van der Waals surface area contributed by atoms with E-state index in [1.807, 2.05) is 61.7 Å². The second-order valence-corrected chi connectivity index (χ2v) is 9.35. The fourth-order valence-electron chi connectivity index (χ4n) is 5.12. The third kappa shape index (κ3) is 4.87. The molecule has 180 valence electrons. The minimum absolute atomic E-state index is 0.121. The molecule has 1 atom stereocenters. The van der Waals surface area contributed by atoms with Gasteiger partial charge in [-0.15, -0.1) is 0 Å². The summed E-state index contributed by atoms with van der Waals surface area (Å²) in [7, 11) is 0. The molecule has 0 unspecified atom stereocenters. The van der Waals surface area contributed by atoms with Crippen LogP contribution in [0.1, 0.15) is 55.0 Å². The Bertz CT molecular complexity index is 1300. The lowest BCUT2D eigenvalue weighted by Gasteiger charge is -2.33. The molecule has 0 aliphatic heterocycles. The number of carbonyl (C=O) groups excluding carboxylic acids is 2. The summed E-state index contributed by atoms with van der Waals surface area (Å²) in [6.45, 7) is 1.96. The molecule has 4 aromatic rings. The number of H-pyrrole nitrogens is 1. The first-order valence-corrected chi connectivity index (χ1v) is 12.4. The molecule has 35 heavy (non-hydrogen) atoms. The number of carbonyl (C=O) groups is 2. The van der Waals surface area contributed by atoms with Gasteiger partial charge in [0, 0.05) is 28.8 Å². The van der Waals surface area contributed by atoms with Gasteiger partial charge in [-0.05, 0) is 55.2 Å². The van der Waals surface area contributed by atoms with Crippen LogP contribution in [-0.4, -0.2) is 22.8 Å². The Morgan fingerprint density at radius 2 is 1.80 bits per heavy atom. The first-order chi connectivity index (χ1) is 17.1. The average molecular weight is 470 g/mol. The number of anilines is 1. The van der Waals surface area contributed by atoms with Gasteiger partial charge in [0.2, 0.25) is 5.91 Å². The maximum Gasteiger partial charge on any atom is 0.251 e. The zero-order chi connectivity index (χ0) is 24.2. The van der Waals surface area contributed by atoms with Crippen LogP contribution in [0, 0.1) is 6.92 Å². The number of nitrogens with one attached hydrogen (secondary N) is 2. The van der Waals surface area contributed by atoms with Gasteiger partial charge in [0.25, 0.3) is 5.91 Å². The molecule has 1 saturated carbocycles. The van der Waals surface area contributed by atoms with Gasteiger partial charge in [0.15, 0.2) is 6.04 Å². The van der Waals surface area contributed by atoms with Gasteiger partial charge in [-0.3, -0.25) is 14.5 Å². The topological polar surface area (TPSA) is 78.3 Å². The van der Waals surface area contributed by atoms with Crippen LogP contribution in [0.25, 0.3) is 10.9 Å². The van der Waals surface area contributed by atoms with E-state index in [4.69, 9.17) is 4.42 Å². The van der Waals surface area contributed by atoms with Crippen LogP contribution >= 0.6 is 0 Å². The lowest BCUT2D eigenvalue weighted by atomic mass is 9.95. The number of rotatable bonds is 7. The van der Waals surface area contributed by atoms with Crippen LogP contribution < -0.4 is 10.2 Å². The summed E-state index contributed by atoms with van der Waals surface area (Å²) in [6, 6.07) is 18.4. The SMILES string of the molecule is Cc1ccccc1N(C(=O)Cc1c[nH]c2ccccc12)[C@H](C(=O)NC1CCCCC1)c1ccco1. The molecule has 1 aliphatic rings.